The average Bonchev–Trinajstić information content (AvgIpc) is 2.69. The summed E-state index contributed by atoms with van der Waals surface area (Å²) in [6.07, 6.45) is 3.29. The van der Waals surface area contributed by atoms with Crippen LogP contribution in [0.5, 0.6) is 0 Å². The molecular weight excluding hydrogens is 272 g/mol. The van der Waals surface area contributed by atoms with Crippen molar-refractivity contribution in [1.29, 1.82) is 0 Å². The number of rotatable bonds is 0. The number of nitrogens with zero attached hydrogens (tertiary/aromatic N) is 1. The maximum Gasteiger partial charge on any atom is 0.242 e. The molecule has 4 unspecified atom stereocenters. The van der Waals surface area contributed by atoms with E-state index < -0.39 is 17.6 Å². The van der Waals surface area contributed by atoms with Gasteiger partial charge >= 0.3 is 0 Å². The lowest BCUT2D eigenvalue weighted by Crippen LogP contribution is -2.76. The Morgan fingerprint density at radius 3 is 2.71 bits per heavy atom. The third kappa shape index (κ3) is 1.59. The second-order valence-electron chi connectivity index (χ2n) is 7.46. The predicted octanol–water partition coefficient (Wildman–Crippen LogP) is 1.55. The van der Waals surface area contributed by atoms with Gasteiger partial charge in [0.1, 0.15) is 0 Å². The zero-order valence-electron chi connectivity index (χ0n) is 12.9. The van der Waals surface area contributed by atoms with Crippen molar-refractivity contribution in [3.8, 4) is 0 Å². The van der Waals surface area contributed by atoms with Crippen LogP contribution in [0.2, 0.25) is 0 Å². The fourth-order valence-electron chi connectivity index (χ4n) is 5.09. The zero-order chi connectivity index (χ0) is 15.0. The van der Waals surface area contributed by atoms with Gasteiger partial charge in [-0.2, -0.15) is 0 Å². The fourth-order valence-corrected chi connectivity index (χ4v) is 5.09. The van der Waals surface area contributed by atoms with E-state index in [2.05, 4.69) is 6.92 Å². The minimum absolute atomic E-state index is 0.0521. The van der Waals surface area contributed by atoms with Gasteiger partial charge in [-0.15, -0.1) is 0 Å². The molecule has 118 valence electrons. The molecule has 5 rings (SSSR count). The van der Waals surface area contributed by atoms with Crippen LogP contribution in [0.25, 0.3) is 0 Å². The normalized spacial score (nSPS) is 56.1. The molecule has 4 aliphatic heterocycles. The van der Waals surface area contributed by atoms with Gasteiger partial charge in [0, 0.05) is 18.3 Å². The van der Waals surface area contributed by atoms with Crippen LogP contribution in [0.1, 0.15) is 46.5 Å². The van der Waals surface area contributed by atoms with Crippen molar-refractivity contribution in [3.63, 3.8) is 0 Å². The van der Waals surface area contributed by atoms with Crippen molar-refractivity contribution in [2.75, 3.05) is 0 Å². The lowest BCUT2D eigenvalue weighted by Gasteiger charge is -2.60. The van der Waals surface area contributed by atoms with Gasteiger partial charge < -0.3 is 4.74 Å². The summed E-state index contributed by atoms with van der Waals surface area (Å²) < 4.78 is 6.14. The van der Waals surface area contributed by atoms with Gasteiger partial charge in [-0.1, -0.05) is 13.8 Å². The van der Waals surface area contributed by atoms with Crippen molar-refractivity contribution >= 4 is 5.91 Å². The largest absolute Gasteiger partial charge is 0.319 e. The molecule has 5 fully saturated rings. The fraction of sp³-hybridized carbons (Fsp3) is 0.933. The van der Waals surface area contributed by atoms with Crippen LogP contribution in [0.15, 0.2) is 0 Å². The highest BCUT2D eigenvalue weighted by atomic mass is 17.3. The zero-order valence-corrected chi connectivity index (χ0v) is 12.9. The number of carbonyl (C=O) groups excluding carboxylic acids is 1. The first-order valence-electron chi connectivity index (χ1n) is 8.01. The second kappa shape index (κ2) is 4.19. The van der Waals surface area contributed by atoms with E-state index in [0.29, 0.717) is 11.8 Å². The molecule has 0 aromatic carbocycles. The predicted molar refractivity (Wildman–Crippen MR) is 73.0 cm³/mol. The lowest BCUT2D eigenvalue weighted by atomic mass is 9.57. The number of piperidine rings is 1. The van der Waals surface area contributed by atoms with Crippen molar-refractivity contribution in [2.45, 2.75) is 64.1 Å². The SMILES string of the molecule is CC1CC[C@@H]2[C@H](C)C(=O)N(N)C3O[C@@]4(C)CCC1C32OO4. The van der Waals surface area contributed by atoms with Crippen LogP contribution < -0.4 is 5.84 Å². The standard InChI is InChI=1S/C15H24N2O4/c1-8-4-5-11-9(2)12(18)17(16)13-15(11)10(8)6-7-14(3,19-13)20-21-15/h8-11,13H,4-7,16H2,1-3H3/t8?,9-,10?,11+,13?,14+,15?/m0/s1. The molecule has 1 spiro atoms. The maximum atomic E-state index is 12.5. The summed E-state index contributed by atoms with van der Waals surface area (Å²) in [5, 5.41) is 1.26. The molecule has 4 saturated heterocycles. The van der Waals surface area contributed by atoms with Gasteiger partial charge in [-0.3, -0.25) is 4.79 Å². The smallest absolute Gasteiger partial charge is 0.242 e. The van der Waals surface area contributed by atoms with Crippen LogP contribution in [0.4, 0.5) is 0 Å². The number of ether oxygens (including phenoxy) is 1. The minimum atomic E-state index is -0.810. The highest BCUT2D eigenvalue weighted by molar-refractivity contribution is 5.80. The monoisotopic (exact) mass is 296 g/mol. The molecule has 6 nitrogen and oxygen atoms in total. The molecule has 6 heteroatoms. The van der Waals surface area contributed by atoms with Gasteiger partial charge in [0.2, 0.25) is 11.7 Å². The number of fused-ring (bicyclic) bond motifs is 2. The van der Waals surface area contributed by atoms with Crippen molar-refractivity contribution < 1.29 is 19.3 Å². The van der Waals surface area contributed by atoms with Crippen molar-refractivity contribution in [1.82, 2.24) is 5.01 Å². The lowest BCUT2D eigenvalue weighted by molar-refractivity contribution is -0.548. The molecule has 1 amide bonds. The molecule has 7 atom stereocenters. The highest BCUT2D eigenvalue weighted by Gasteiger charge is 2.70. The van der Waals surface area contributed by atoms with Crippen LogP contribution in [-0.4, -0.2) is 28.5 Å². The molecule has 21 heavy (non-hydrogen) atoms. The summed E-state index contributed by atoms with van der Waals surface area (Å²) in [6, 6.07) is 0. The number of amides is 1. The van der Waals surface area contributed by atoms with Crippen LogP contribution in [0.3, 0.4) is 0 Å². The summed E-state index contributed by atoms with van der Waals surface area (Å²) in [7, 11) is 0. The number of nitrogens with two attached hydrogens (primary N) is 1. The Morgan fingerprint density at radius 2 is 1.95 bits per heavy atom. The molecule has 0 aromatic heterocycles. The third-order valence-corrected chi connectivity index (χ3v) is 6.30. The van der Waals surface area contributed by atoms with Gasteiger partial charge in [-0.25, -0.2) is 20.6 Å². The van der Waals surface area contributed by atoms with E-state index >= 15 is 0 Å². The van der Waals surface area contributed by atoms with E-state index in [1.54, 1.807) is 0 Å². The topological polar surface area (TPSA) is 74.0 Å². The average molecular weight is 296 g/mol. The molecule has 5 aliphatic rings. The van der Waals surface area contributed by atoms with Gasteiger partial charge in [0.15, 0.2) is 11.8 Å². The Morgan fingerprint density at radius 1 is 1.19 bits per heavy atom. The highest BCUT2D eigenvalue weighted by Crippen LogP contribution is 2.59. The van der Waals surface area contributed by atoms with Crippen LogP contribution in [-0.2, 0) is 19.3 Å². The molecule has 4 heterocycles. The molecular formula is C15H24N2O4. The summed E-state index contributed by atoms with van der Waals surface area (Å²) in [5.41, 5.74) is -0.615. The van der Waals surface area contributed by atoms with Gasteiger partial charge in [0.25, 0.3) is 0 Å². The first-order chi connectivity index (χ1) is 9.89. The Balaban J connectivity index is 1.87. The Hall–Kier alpha value is -0.690. The van der Waals surface area contributed by atoms with Gasteiger partial charge in [-0.05, 0) is 38.0 Å². The molecule has 1 aliphatic carbocycles. The van der Waals surface area contributed by atoms with E-state index in [0.717, 1.165) is 25.7 Å². The molecule has 0 radical (unpaired) electrons. The minimum Gasteiger partial charge on any atom is -0.319 e. The summed E-state index contributed by atoms with van der Waals surface area (Å²) in [5.74, 6) is 6.03. The van der Waals surface area contributed by atoms with Crippen LogP contribution in [0, 0.1) is 23.7 Å². The Labute approximate surface area is 124 Å². The van der Waals surface area contributed by atoms with Gasteiger partial charge in [0.05, 0.1) is 0 Å². The van der Waals surface area contributed by atoms with Crippen LogP contribution >= 0.6 is 0 Å². The second-order valence-corrected chi connectivity index (χ2v) is 7.46. The maximum absolute atomic E-state index is 12.5. The Bertz CT molecular complexity index is 486. The van der Waals surface area contributed by atoms with E-state index in [1.165, 1.54) is 5.01 Å². The number of carbonyl (C=O) groups is 1. The Kier molecular flexibility index (Phi) is 2.78. The van der Waals surface area contributed by atoms with Crippen molar-refractivity contribution in [2.24, 2.45) is 29.5 Å². The quantitative estimate of drug-likeness (QED) is 0.417. The number of hydrazine groups is 1. The first-order valence-corrected chi connectivity index (χ1v) is 8.01. The summed E-state index contributed by atoms with van der Waals surface area (Å²) in [6.45, 7) is 6.08. The number of hydrogen-bond donors (Lipinski definition) is 1. The summed E-state index contributed by atoms with van der Waals surface area (Å²) in [4.78, 5) is 24.2. The molecule has 2 bridgehead atoms. The first kappa shape index (κ1) is 13.9. The third-order valence-electron chi connectivity index (χ3n) is 6.30. The summed E-state index contributed by atoms with van der Waals surface area (Å²) >= 11 is 0. The van der Waals surface area contributed by atoms with E-state index in [4.69, 9.17) is 20.4 Å². The van der Waals surface area contributed by atoms with E-state index in [9.17, 15) is 4.79 Å². The van der Waals surface area contributed by atoms with Crippen molar-refractivity contribution in [3.05, 3.63) is 0 Å². The van der Waals surface area contributed by atoms with E-state index in [-0.39, 0.29) is 17.7 Å². The molecule has 1 saturated carbocycles. The molecule has 0 aromatic rings. The number of hydrogen-bond acceptors (Lipinski definition) is 5. The molecule has 2 N–H and O–H groups in total. The van der Waals surface area contributed by atoms with E-state index in [1.807, 2.05) is 13.8 Å².